The zero-order valence-electron chi connectivity index (χ0n) is 14.5. The highest BCUT2D eigenvalue weighted by atomic mass is 16.2. The van der Waals surface area contributed by atoms with Crippen molar-refractivity contribution in [2.75, 3.05) is 6.54 Å². The van der Waals surface area contributed by atoms with Gasteiger partial charge in [0.1, 0.15) is 11.6 Å². The Morgan fingerprint density at radius 3 is 2.12 bits per heavy atom. The van der Waals surface area contributed by atoms with Crippen LogP contribution in [0.25, 0.3) is 0 Å². The smallest absolute Gasteiger partial charge is 0.276 e. The van der Waals surface area contributed by atoms with E-state index in [0.717, 1.165) is 24.0 Å². The normalized spacial score (nSPS) is 16.0. The maximum atomic E-state index is 12.4. The summed E-state index contributed by atoms with van der Waals surface area (Å²) in [6, 6.07) is 22.7. The van der Waals surface area contributed by atoms with E-state index in [0.29, 0.717) is 12.5 Å². The lowest BCUT2D eigenvalue weighted by Gasteiger charge is -2.23. The lowest BCUT2D eigenvalue weighted by atomic mass is 9.97. The number of nitrogens with zero attached hydrogens (tertiary/aromatic N) is 1. The molecule has 25 heavy (non-hydrogen) atoms. The lowest BCUT2D eigenvalue weighted by molar-refractivity contribution is -0.676. The predicted octanol–water partition coefficient (Wildman–Crippen LogP) is 2.15. The molecule has 2 aromatic carbocycles. The molecule has 128 valence electrons. The fourth-order valence-corrected chi connectivity index (χ4v) is 3.23. The first-order valence-electron chi connectivity index (χ1n) is 8.78. The number of amides is 1. The summed E-state index contributed by atoms with van der Waals surface area (Å²) in [4.78, 5) is 12.4. The minimum Gasteiger partial charge on any atom is -0.333 e. The van der Waals surface area contributed by atoms with Gasteiger partial charge in [-0.05, 0) is 25.7 Å². The van der Waals surface area contributed by atoms with Gasteiger partial charge in [0.15, 0.2) is 6.54 Å². The molecule has 0 aromatic heterocycles. The Balaban J connectivity index is 1.69. The van der Waals surface area contributed by atoms with Crippen molar-refractivity contribution in [2.45, 2.75) is 31.3 Å². The Morgan fingerprint density at radius 1 is 1.16 bits per heavy atom. The predicted molar refractivity (Wildman–Crippen MR) is 96.4 cm³/mol. The minimum atomic E-state index is -0.736. The van der Waals surface area contributed by atoms with Crippen molar-refractivity contribution in [3.63, 3.8) is 0 Å². The standard InChI is InChI=1S/C21H23N3O/c1-21(15-22,18-12-13-18)24-19(25)14-23-20(16-8-4-2-5-9-16)17-10-6-3-7-11-17/h2-11,18,20,23H,12-14H2,1H3,(H,24,25)/p+1/t21-/m0/s1. The maximum absolute atomic E-state index is 12.4. The molecule has 1 atom stereocenters. The van der Waals surface area contributed by atoms with Crippen LogP contribution in [-0.4, -0.2) is 18.0 Å². The summed E-state index contributed by atoms with van der Waals surface area (Å²) in [5.41, 5.74) is 1.58. The molecule has 3 rings (SSSR count). The molecule has 0 unspecified atom stereocenters. The van der Waals surface area contributed by atoms with E-state index in [9.17, 15) is 10.1 Å². The molecule has 0 radical (unpaired) electrons. The van der Waals surface area contributed by atoms with Crippen LogP contribution in [0.5, 0.6) is 0 Å². The molecule has 0 saturated heterocycles. The highest BCUT2D eigenvalue weighted by Crippen LogP contribution is 2.39. The van der Waals surface area contributed by atoms with Crippen LogP contribution in [-0.2, 0) is 4.79 Å². The van der Waals surface area contributed by atoms with Gasteiger partial charge in [0.25, 0.3) is 5.91 Å². The van der Waals surface area contributed by atoms with Crippen molar-refractivity contribution in [3.8, 4) is 6.07 Å². The Morgan fingerprint density at radius 2 is 1.68 bits per heavy atom. The number of quaternary nitrogens is 1. The van der Waals surface area contributed by atoms with Crippen molar-refractivity contribution in [2.24, 2.45) is 5.92 Å². The summed E-state index contributed by atoms with van der Waals surface area (Å²) in [7, 11) is 0. The number of hydrogen-bond acceptors (Lipinski definition) is 2. The molecular weight excluding hydrogens is 310 g/mol. The number of carbonyl (C=O) groups excluding carboxylic acids is 1. The van der Waals surface area contributed by atoms with Crippen molar-refractivity contribution < 1.29 is 10.1 Å². The Labute approximate surface area is 148 Å². The Kier molecular flexibility index (Phi) is 5.16. The molecule has 0 bridgehead atoms. The van der Waals surface area contributed by atoms with Gasteiger partial charge in [-0.1, -0.05) is 60.7 Å². The zero-order chi connectivity index (χ0) is 17.7. The van der Waals surface area contributed by atoms with Gasteiger partial charge >= 0.3 is 0 Å². The summed E-state index contributed by atoms with van der Waals surface area (Å²) >= 11 is 0. The van der Waals surface area contributed by atoms with Crippen LogP contribution in [0.15, 0.2) is 60.7 Å². The summed E-state index contributed by atoms with van der Waals surface area (Å²) in [6.45, 7) is 2.12. The lowest BCUT2D eigenvalue weighted by Crippen LogP contribution is -2.88. The van der Waals surface area contributed by atoms with E-state index in [1.165, 1.54) is 0 Å². The molecule has 0 heterocycles. The van der Waals surface area contributed by atoms with Gasteiger partial charge in [0, 0.05) is 11.1 Å². The molecule has 0 aliphatic heterocycles. The van der Waals surface area contributed by atoms with E-state index >= 15 is 0 Å². The van der Waals surface area contributed by atoms with Crippen LogP contribution >= 0.6 is 0 Å². The van der Waals surface area contributed by atoms with Crippen LogP contribution in [0.1, 0.15) is 36.9 Å². The van der Waals surface area contributed by atoms with Crippen molar-refractivity contribution in [1.29, 1.82) is 5.26 Å². The van der Waals surface area contributed by atoms with Crippen LogP contribution in [0.4, 0.5) is 0 Å². The van der Waals surface area contributed by atoms with Crippen LogP contribution in [0, 0.1) is 17.2 Å². The van der Waals surface area contributed by atoms with Crippen LogP contribution in [0.2, 0.25) is 0 Å². The molecule has 1 aliphatic rings. The number of carbonyl (C=O) groups is 1. The monoisotopic (exact) mass is 334 g/mol. The summed E-state index contributed by atoms with van der Waals surface area (Å²) < 4.78 is 0. The number of hydrogen-bond donors (Lipinski definition) is 2. The Hall–Kier alpha value is -2.64. The average molecular weight is 334 g/mol. The van der Waals surface area contributed by atoms with Gasteiger partial charge in [-0.15, -0.1) is 0 Å². The minimum absolute atomic E-state index is 0.0578. The third-order valence-electron chi connectivity index (χ3n) is 4.88. The molecule has 3 N–H and O–H groups in total. The second-order valence-corrected chi connectivity index (χ2v) is 6.88. The highest BCUT2D eigenvalue weighted by Gasteiger charge is 2.43. The first-order valence-corrected chi connectivity index (χ1v) is 8.78. The largest absolute Gasteiger partial charge is 0.333 e. The van der Waals surface area contributed by atoms with Gasteiger partial charge in [0.2, 0.25) is 0 Å². The molecule has 4 heteroatoms. The van der Waals surface area contributed by atoms with E-state index in [1.54, 1.807) is 0 Å². The van der Waals surface area contributed by atoms with E-state index in [1.807, 2.05) is 48.6 Å². The second kappa shape index (κ2) is 7.50. The molecule has 1 fully saturated rings. The fraction of sp³-hybridized carbons (Fsp3) is 0.333. The van der Waals surface area contributed by atoms with Gasteiger partial charge in [-0.2, -0.15) is 5.26 Å². The number of nitriles is 1. The molecular formula is C21H24N3O+. The summed E-state index contributed by atoms with van der Waals surface area (Å²) in [5, 5.41) is 14.4. The van der Waals surface area contributed by atoms with Crippen LogP contribution in [0.3, 0.4) is 0 Å². The van der Waals surface area contributed by atoms with E-state index < -0.39 is 5.54 Å². The van der Waals surface area contributed by atoms with E-state index in [-0.39, 0.29) is 11.9 Å². The number of rotatable bonds is 7. The fourth-order valence-electron chi connectivity index (χ4n) is 3.23. The zero-order valence-corrected chi connectivity index (χ0v) is 14.5. The number of nitrogens with one attached hydrogen (secondary N) is 1. The van der Waals surface area contributed by atoms with Crippen molar-refractivity contribution in [3.05, 3.63) is 71.8 Å². The third-order valence-corrected chi connectivity index (χ3v) is 4.88. The van der Waals surface area contributed by atoms with Gasteiger partial charge in [-0.3, -0.25) is 4.79 Å². The second-order valence-electron chi connectivity index (χ2n) is 6.88. The van der Waals surface area contributed by atoms with Gasteiger partial charge in [-0.25, -0.2) is 0 Å². The molecule has 0 spiro atoms. The molecule has 1 saturated carbocycles. The summed E-state index contributed by atoms with van der Waals surface area (Å²) in [6.07, 6.45) is 2.04. The Bertz CT molecular complexity index is 710. The topological polar surface area (TPSA) is 69.5 Å². The van der Waals surface area contributed by atoms with E-state index in [4.69, 9.17) is 0 Å². The highest BCUT2D eigenvalue weighted by molar-refractivity contribution is 5.78. The molecule has 1 aliphatic carbocycles. The van der Waals surface area contributed by atoms with Crippen molar-refractivity contribution in [1.82, 2.24) is 5.32 Å². The van der Waals surface area contributed by atoms with Gasteiger partial charge in [0.05, 0.1) is 6.07 Å². The molecule has 1 amide bonds. The first kappa shape index (κ1) is 17.2. The average Bonchev–Trinajstić information content (AvgIpc) is 3.49. The number of benzene rings is 2. The SMILES string of the molecule is C[C@@](C#N)(NC(=O)C[NH2+]C(c1ccccc1)c1ccccc1)C1CC1. The molecule has 4 nitrogen and oxygen atoms in total. The third kappa shape index (κ3) is 4.26. The van der Waals surface area contributed by atoms with Gasteiger partial charge < -0.3 is 10.6 Å². The maximum Gasteiger partial charge on any atom is 0.276 e. The van der Waals surface area contributed by atoms with Crippen molar-refractivity contribution >= 4 is 5.91 Å². The van der Waals surface area contributed by atoms with E-state index in [2.05, 4.69) is 35.7 Å². The number of nitrogens with two attached hydrogens (primary N) is 1. The van der Waals surface area contributed by atoms with Crippen LogP contribution < -0.4 is 10.6 Å². The quantitative estimate of drug-likeness (QED) is 0.814. The first-order chi connectivity index (χ1) is 12.1. The summed E-state index contributed by atoms with van der Waals surface area (Å²) in [5.74, 6) is 0.202. The molecule has 2 aromatic rings.